The van der Waals surface area contributed by atoms with Gasteiger partial charge in [-0.3, -0.25) is 9.59 Å². The van der Waals surface area contributed by atoms with Gasteiger partial charge in [-0.2, -0.15) is 0 Å². The van der Waals surface area contributed by atoms with Gasteiger partial charge in [-0.1, -0.05) is 26.8 Å². The number of aromatic nitrogens is 1. The molecule has 0 bridgehead atoms. The van der Waals surface area contributed by atoms with Crippen molar-refractivity contribution >= 4 is 17.8 Å². The Bertz CT molecular complexity index is 1070. The van der Waals surface area contributed by atoms with Crippen LogP contribution < -0.4 is 19.5 Å². The number of carbonyl (C=O) groups is 3. The number of hydrogen-bond donors (Lipinski definition) is 1. The minimum absolute atomic E-state index is 0.0881. The lowest BCUT2D eigenvalue weighted by Crippen LogP contribution is -2.41. The average Bonchev–Trinajstić information content (AvgIpc) is 2.83. The lowest BCUT2D eigenvalue weighted by molar-refractivity contribution is -0.151. The van der Waals surface area contributed by atoms with Crippen LogP contribution in [0, 0.1) is 12.8 Å². The molecule has 35 heavy (non-hydrogen) atoms. The molecule has 9 nitrogen and oxygen atoms in total. The van der Waals surface area contributed by atoms with E-state index in [1.165, 1.54) is 26.3 Å². The van der Waals surface area contributed by atoms with Gasteiger partial charge in [0.25, 0.3) is 5.91 Å². The van der Waals surface area contributed by atoms with E-state index in [1.807, 2.05) is 32.0 Å². The minimum Gasteiger partial charge on any atom is -0.497 e. The van der Waals surface area contributed by atoms with Crippen LogP contribution in [0.5, 0.6) is 17.2 Å². The first-order valence-corrected chi connectivity index (χ1v) is 11.4. The van der Waals surface area contributed by atoms with Gasteiger partial charge in [0, 0.05) is 18.2 Å². The van der Waals surface area contributed by atoms with Crippen LogP contribution in [0.25, 0.3) is 0 Å². The van der Waals surface area contributed by atoms with Gasteiger partial charge in [-0.05, 0) is 44.0 Å². The van der Waals surface area contributed by atoms with E-state index in [0.29, 0.717) is 0 Å². The van der Waals surface area contributed by atoms with Crippen molar-refractivity contribution in [3.63, 3.8) is 0 Å². The highest BCUT2D eigenvalue weighted by molar-refractivity contribution is 5.98. The second-order valence-electron chi connectivity index (χ2n) is 8.62. The third-order valence-corrected chi connectivity index (χ3v) is 5.65. The van der Waals surface area contributed by atoms with Crippen LogP contribution in [-0.4, -0.2) is 49.2 Å². The number of methoxy groups -OCH3 is 2. The maximum Gasteiger partial charge on any atom is 0.328 e. The van der Waals surface area contributed by atoms with E-state index < -0.39 is 35.9 Å². The highest BCUT2D eigenvalue weighted by Gasteiger charge is 2.28. The molecule has 0 aliphatic heterocycles. The molecular formula is C26H34N2O7. The second kappa shape index (κ2) is 12.2. The highest BCUT2D eigenvalue weighted by atomic mass is 16.6. The fourth-order valence-electron chi connectivity index (χ4n) is 3.32. The molecule has 1 heterocycles. The summed E-state index contributed by atoms with van der Waals surface area (Å²) in [6.07, 6.45) is 0.899. The summed E-state index contributed by atoms with van der Waals surface area (Å²) in [6.45, 7) is 10.6. The molecule has 0 fully saturated rings. The minimum atomic E-state index is -0.976. The first-order chi connectivity index (χ1) is 16.5. The third-order valence-electron chi connectivity index (χ3n) is 5.65. The Morgan fingerprint density at radius 1 is 0.943 bits per heavy atom. The van der Waals surface area contributed by atoms with Crippen LogP contribution in [0.4, 0.5) is 0 Å². The number of aryl methyl sites for hydroxylation is 1. The van der Waals surface area contributed by atoms with Crippen LogP contribution in [0.3, 0.4) is 0 Å². The monoisotopic (exact) mass is 486 g/mol. The molecule has 1 N–H and O–H groups in total. The van der Waals surface area contributed by atoms with E-state index in [9.17, 15) is 14.4 Å². The van der Waals surface area contributed by atoms with Crippen molar-refractivity contribution in [2.45, 2.75) is 59.6 Å². The number of carbonyl (C=O) groups excluding carboxylic acids is 3. The van der Waals surface area contributed by atoms with Crippen molar-refractivity contribution in [3.8, 4) is 17.2 Å². The molecule has 0 spiro atoms. The van der Waals surface area contributed by atoms with Crippen LogP contribution in [0.1, 0.15) is 62.2 Å². The summed E-state index contributed by atoms with van der Waals surface area (Å²) in [6, 6.07) is 6.23. The molecule has 0 saturated carbocycles. The molecule has 2 rings (SSSR count). The normalized spacial score (nSPS) is 13.4. The number of benzene rings is 1. The van der Waals surface area contributed by atoms with E-state index in [2.05, 4.69) is 10.3 Å². The van der Waals surface area contributed by atoms with Crippen LogP contribution in [0.15, 0.2) is 30.5 Å². The molecule has 1 amide bonds. The van der Waals surface area contributed by atoms with Gasteiger partial charge in [0.15, 0.2) is 11.4 Å². The van der Waals surface area contributed by atoms with Crippen molar-refractivity contribution in [2.24, 2.45) is 5.92 Å². The average molecular weight is 487 g/mol. The summed E-state index contributed by atoms with van der Waals surface area (Å²) in [5.74, 6) is -1.55. The van der Waals surface area contributed by atoms with Crippen LogP contribution in [0.2, 0.25) is 0 Å². The number of esters is 2. The number of amides is 1. The first kappa shape index (κ1) is 27.6. The van der Waals surface area contributed by atoms with Crippen molar-refractivity contribution < 1.29 is 33.3 Å². The molecule has 0 saturated heterocycles. The number of hydrogen-bond acceptors (Lipinski definition) is 8. The predicted molar refractivity (Wildman–Crippen MR) is 130 cm³/mol. The number of nitrogens with one attached hydrogen (secondary N) is 1. The van der Waals surface area contributed by atoms with Crippen molar-refractivity contribution in [2.75, 3.05) is 14.2 Å². The Kier molecular flexibility index (Phi) is 9.62. The molecule has 1 aromatic heterocycles. The molecular weight excluding hydrogens is 452 g/mol. The summed E-state index contributed by atoms with van der Waals surface area (Å²) in [5.41, 5.74) is 1.88. The van der Waals surface area contributed by atoms with Gasteiger partial charge in [-0.25, -0.2) is 9.78 Å². The van der Waals surface area contributed by atoms with E-state index in [4.69, 9.17) is 18.9 Å². The number of ether oxygens (including phenoxy) is 4. The van der Waals surface area contributed by atoms with Crippen LogP contribution in [-0.2, 0) is 14.3 Å². The molecule has 0 aliphatic rings. The molecule has 9 heteroatoms. The lowest BCUT2D eigenvalue weighted by Gasteiger charge is -2.24. The Hall–Kier alpha value is -3.62. The lowest BCUT2D eigenvalue weighted by atomic mass is 9.92. The van der Waals surface area contributed by atoms with Gasteiger partial charge in [0.05, 0.1) is 20.1 Å². The van der Waals surface area contributed by atoms with Crippen molar-refractivity contribution in [1.29, 1.82) is 0 Å². The van der Waals surface area contributed by atoms with E-state index in [0.717, 1.165) is 16.9 Å². The molecule has 190 valence electrons. The zero-order chi connectivity index (χ0) is 26.3. The van der Waals surface area contributed by atoms with E-state index in [1.54, 1.807) is 27.9 Å². The zero-order valence-corrected chi connectivity index (χ0v) is 21.5. The Balaban J connectivity index is 2.11. The first-order valence-electron chi connectivity index (χ1n) is 11.4. The topological polar surface area (TPSA) is 113 Å². The summed E-state index contributed by atoms with van der Waals surface area (Å²) in [7, 11) is 2.99. The molecule has 1 aromatic carbocycles. The number of nitrogens with zero attached hydrogens (tertiary/aromatic N) is 1. The van der Waals surface area contributed by atoms with Gasteiger partial charge < -0.3 is 24.3 Å². The molecule has 2 aromatic rings. The summed E-state index contributed by atoms with van der Waals surface area (Å²) < 4.78 is 21.5. The largest absolute Gasteiger partial charge is 0.497 e. The molecule has 0 radical (unpaired) electrons. The third kappa shape index (κ3) is 6.94. The molecule has 0 aliphatic carbocycles. The maximum absolute atomic E-state index is 12.9. The quantitative estimate of drug-likeness (QED) is 0.504. The fourth-order valence-corrected chi connectivity index (χ4v) is 3.32. The Labute approximate surface area is 206 Å². The van der Waals surface area contributed by atoms with E-state index in [-0.39, 0.29) is 23.1 Å². The smallest absolute Gasteiger partial charge is 0.328 e. The zero-order valence-electron chi connectivity index (χ0n) is 21.5. The number of pyridine rings is 1. The van der Waals surface area contributed by atoms with Crippen LogP contribution >= 0.6 is 0 Å². The van der Waals surface area contributed by atoms with Gasteiger partial charge >= 0.3 is 11.9 Å². The van der Waals surface area contributed by atoms with Gasteiger partial charge in [0.1, 0.15) is 17.9 Å². The van der Waals surface area contributed by atoms with Gasteiger partial charge in [0.2, 0.25) is 5.75 Å². The van der Waals surface area contributed by atoms with E-state index >= 15 is 0 Å². The number of rotatable bonds is 10. The summed E-state index contributed by atoms with van der Waals surface area (Å²) in [4.78, 5) is 41.8. The molecule has 0 unspecified atom stereocenters. The SMILES string of the molecule is COc1ccc([C@@H](C)[C@@H](C)OC(=O)[C@H](C)NC(=O)c2nccc(OC)c2OC(=O)C(C)C)c(C)c1. The summed E-state index contributed by atoms with van der Waals surface area (Å²) >= 11 is 0. The predicted octanol–water partition coefficient (Wildman–Crippen LogP) is 3.82. The van der Waals surface area contributed by atoms with Crippen molar-refractivity contribution in [1.82, 2.24) is 10.3 Å². The Morgan fingerprint density at radius 2 is 1.63 bits per heavy atom. The second-order valence-corrected chi connectivity index (χ2v) is 8.62. The summed E-state index contributed by atoms with van der Waals surface area (Å²) in [5, 5.41) is 2.56. The van der Waals surface area contributed by atoms with Gasteiger partial charge in [-0.15, -0.1) is 0 Å². The highest BCUT2D eigenvalue weighted by Crippen LogP contribution is 2.31. The molecule has 3 atom stereocenters. The van der Waals surface area contributed by atoms with Crippen molar-refractivity contribution in [3.05, 3.63) is 47.3 Å². The standard InChI is InChI=1S/C26H34N2O7/c1-14(2)25(30)35-23-21(33-8)11-12-27-22(23)24(29)28-17(5)26(31)34-18(6)16(4)20-10-9-19(32-7)13-15(20)3/h9-14,16-18H,1-8H3,(H,28,29)/t16-,17-,18+/m0/s1. The maximum atomic E-state index is 12.9. The Morgan fingerprint density at radius 3 is 2.20 bits per heavy atom. The fraction of sp³-hybridized carbons (Fsp3) is 0.462.